The van der Waals surface area contributed by atoms with Gasteiger partial charge in [-0.25, -0.2) is 0 Å². The van der Waals surface area contributed by atoms with E-state index in [2.05, 4.69) is 49.5 Å². The van der Waals surface area contributed by atoms with Crippen molar-refractivity contribution in [2.75, 3.05) is 5.32 Å². The van der Waals surface area contributed by atoms with Crippen LogP contribution in [-0.4, -0.2) is 6.10 Å². The van der Waals surface area contributed by atoms with Crippen molar-refractivity contribution in [1.82, 2.24) is 0 Å². The SMILES string of the molecule is Cc1cccc(NCc2cccc(OC(C)C)c2)c1C. The molecule has 0 radical (unpaired) electrons. The zero-order valence-electron chi connectivity index (χ0n) is 12.7. The molecule has 0 atom stereocenters. The Kier molecular flexibility index (Phi) is 4.67. The minimum Gasteiger partial charge on any atom is -0.491 e. The van der Waals surface area contributed by atoms with Crippen LogP contribution in [-0.2, 0) is 6.54 Å². The predicted octanol–water partition coefficient (Wildman–Crippen LogP) is 4.70. The zero-order valence-corrected chi connectivity index (χ0v) is 12.7. The molecule has 1 N–H and O–H groups in total. The lowest BCUT2D eigenvalue weighted by molar-refractivity contribution is 0.242. The summed E-state index contributed by atoms with van der Waals surface area (Å²) in [6.45, 7) is 9.18. The summed E-state index contributed by atoms with van der Waals surface area (Å²) in [6, 6.07) is 14.6. The van der Waals surface area contributed by atoms with E-state index >= 15 is 0 Å². The van der Waals surface area contributed by atoms with Crippen molar-refractivity contribution in [3.8, 4) is 5.75 Å². The monoisotopic (exact) mass is 269 g/mol. The van der Waals surface area contributed by atoms with Gasteiger partial charge in [-0.3, -0.25) is 0 Å². The van der Waals surface area contributed by atoms with Gasteiger partial charge in [0.15, 0.2) is 0 Å². The third-order valence-electron chi connectivity index (χ3n) is 3.36. The molecule has 0 saturated carbocycles. The summed E-state index contributed by atoms with van der Waals surface area (Å²) in [4.78, 5) is 0. The number of rotatable bonds is 5. The first-order valence-corrected chi connectivity index (χ1v) is 7.12. The lowest BCUT2D eigenvalue weighted by atomic mass is 10.1. The van der Waals surface area contributed by atoms with Crippen LogP contribution < -0.4 is 10.1 Å². The molecule has 0 saturated heterocycles. The highest BCUT2D eigenvalue weighted by Gasteiger charge is 2.02. The number of hydrogen-bond acceptors (Lipinski definition) is 2. The van der Waals surface area contributed by atoms with Gasteiger partial charge in [0, 0.05) is 12.2 Å². The highest BCUT2D eigenvalue weighted by Crippen LogP contribution is 2.20. The zero-order chi connectivity index (χ0) is 14.5. The standard InChI is InChI=1S/C18H23NO/c1-13(2)20-17-9-6-8-16(11-17)12-19-18-10-5-7-14(3)15(18)4/h5-11,13,19H,12H2,1-4H3. The molecule has 0 unspecified atom stereocenters. The summed E-state index contributed by atoms with van der Waals surface area (Å²) in [6.07, 6.45) is 0.206. The fraction of sp³-hybridized carbons (Fsp3) is 0.333. The molecule has 0 heterocycles. The molecule has 0 aliphatic heterocycles. The number of anilines is 1. The van der Waals surface area contributed by atoms with Crippen LogP contribution in [0.4, 0.5) is 5.69 Å². The highest BCUT2D eigenvalue weighted by molar-refractivity contribution is 5.54. The molecule has 0 amide bonds. The van der Waals surface area contributed by atoms with Crippen molar-refractivity contribution in [3.05, 3.63) is 59.2 Å². The molecule has 0 spiro atoms. The molecule has 0 aromatic heterocycles. The normalized spacial score (nSPS) is 10.7. The minimum atomic E-state index is 0.206. The first-order valence-electron chi connectivity index (χ1n) is 7.12. The van der Waals surface area contributed by atoms with E-state index in [1.807, 2.05) is 26.0 Å². The van der Waals surface area contributed by atoms with E-state index in [9.17, 15) is 0 Å². The van der Waals surface area contributed by atoms with Crippen LogP contribution in [0.5, 0.6) is 5.75 Å². The maximum atomic E-state index is 5.72. The Morgan fingerprint density at radius 1 is 1.05 bits per heavy atom. The Morgan fingerprint density at radius 2 is 1.80 bits per heavy atom. The van der Waals surface area contributed by atoms with Crippen LogP contribution in [0, 0.1) is 13.8 Å². The van der Waals surface area contributed by atoms with Gasteiger partial charge in [-0.1, -0.05) is 24.3 Å². The van der Waals surface area contributed by atoms with Crippen LogP contribution in [0.15, 0.2) is 42.5 Å². The molecule has 0 bridgehead atoms. The van der Waals surface area contributed by atoms with Gasteiger partial charge in [0.25, 0.3) is 0 Å². The van der Waals surface area contributed by atoms with E-state index < -0.39 is 0 Å². The molecule has 2 nitrogen and oxygen atoms in total. The van der Waals surface area contributed by atoms with Gasteiger partial charge in [-0.15, -0.1) is 0 Å². The fourth-order valence-corrected chi connectivity index (χ4v) is 2.14. The number of benzene rings is 2. The van der Waals surface area contributed by atoms with Crippen LogP contribution in [0.3, 0.4) is 0 Å². The van der Waals surface area contributed by atoms with Gasteiger partial charge in [-0.05, 0) is 62.6 Å². The topological polar surface area (TPSA) is 21.3 Å². The van der Waals surface area contributed by atoms with Gasteiger partial charge < -0.3 is 10.1 Å². The van der Waals surface area contributed by atoms with E-state index in [4.69, 9.17) is 4.74 Å². The Labute approximate surface area is 121 Å². The molecule has 0 aliphatic carbocycles. The third-order valence-corrected chi connectivity index (χ3v) is 3.36. The molecule has 2 aromatic carbocycles. The Balaban J connectivity index is 2.05. The van der Waals surface area contributed by atoms with Crippen molar-refractivity contribution in [2.45, 2.75) is 40.3 Å². The van der Waals surface area contributed by atoms with Crippen molar-refractivity contribution in [3.63, 3.8) is 0 Å². The maximum absolute atomic E-state index is 5.72. The second-order valence-electron chi connectivity index (χ2n) is 5.42. The number of aryl methyl sites for hydroxylation is 1. The largest absolute Gasteiger partial charge is 0.491 e. The Morgan fingerprint density at radius 3 is 2.55 bits per heavy atom. The minimum absolute atomic E-state index is 0.206. The lowest BCUT2D eigenvalue weighted by Gasteiger charge is -2.13. The van der Waals surface area contributed by atoms with E-state index in [0.717, 1.165) is 12.3 Å². The smallest absolute Gasteiger partial charge is 0.120 e. The van der Waals surface area contributed by atoms with Gasteiger partial charge >= 0.3 is 0 Å². The Bertz CT molecular complexity index is 575. The number of ether oxygens (including phenoxy) is 1. The summed E-state index contributed by atoms with van der Waals surface area (Å²) in [7, 11) is 0. The maximum Gasteiger partial charge on any atom is 0.120 e. The average molecular weight is 269 g/mol. The molecule has 0 fully saturated rings. The Hall–Kier alpha value is -1.96. The molecule has 2 aromatic rings. The summed E-state index contributed by atoms with van der Waals surface area (Å²) < 4.78 is 5.72. The predicted molar refractivity (Wildman–Crippen MR) is 85.4 cm³/mol. The molecule has 106 valence electrons. The first kappa shape index (κ1) is 14.4. The van der Waals surface area contributed by atoms with Gasteiger partial charge in [-0.2, -0.15) is 0 Å². The van der Waals surface area contributed by atoms with Crippen molar-refractivity contribution in [2.24, 2.45) is 0 Å². The highest BCUT2D eigenvalue weighted by atomic mass is 16.5. The second-order valence-corrected chi connectivity index (χ2v) is 5.42. The van der Waals surface area contributed by atoms with Gasteiger partial charge in [0.2, 0.25) is 0 Å². The molecule has 2 rings (SSSR count). The summed E-state index contributed by atoms with van der Waals surface area (Å²) in [5, 5.41) is 3.50. The number of hydrogen-bond donors (Lipinski definition) is 1. The number of nitrogens with one attached hydrogen (secondary N) is 1. The molecular weight excluding hydrogens is 246 g/mol. The third kappa shape index (κ3) is 3.77. The fourth-order valence-electron chi connectivity index (χ4n) is 2.14. The van der Waals surface area contributed by atoms with Crippen LogP contribution in [0.2, 0.25) is 0 Å². The van der Waals surface area contributed by atoms with Crippen LogP contribution in [0.25, 0.3) is 0 Å². The van der Waals surface area contributed by atoms with Crippen molar-refractivity contribution >= 4 is 5.69 Å². The summed E-state index contributed by atoms with van der Waals surface area (Å²) in [5.41, 5.74) is 5.04. The van der Waals surface area contributed by atoms with E-state index in [-0.39, 0.29) is 6.10 Å². The van der Waals surface area contributed by atoms with E-state index in [1.165, 1.54) is 22.4 Å². The van der Waals surface area contributed by atoms with Crippen LogP contribution in [0.1, 0.15) is 30.5 Å². The van der Waals surface area contributed by atoms with Crippen molar-refractivity contribution in [1.29, 1.82) is 0 Å². The lowest BCUT2D eigenvalue weighted by Crippen LogP contribution is -2.06. The molecular formula is C18H23NO. The van der Waals surface area contributed by atoms with E-state index in [0.29, 0.717) is 0 Å². The quantitative estimate of drug-likeness (QED) is 0.849. The first-order chi connectivity index (χ1) is 9.56. The van der Waals surface area contributed by atoms with Gasteiger partial charge in [0.1, 0.15) is 5.75 Å². The molecule has 2 heteroatoms. The summed E-state index contributed by atoms with van der Waals surface area (Å²) in [5.74, 6) is 0.931. The molecule has 20 heavy (non-hydrogen) atoms. The average Bonchev–Trinajstić information content (AvgIpc) is 2.40. The second kappa shape index (κ2) is 6.47. The van der Waals surface area contributed by atoms with Crippen LogP contribution >= 0.6 is 0 Å². The van der Waals surface area contributed by atoms with E-state index in [1.54, 1.807) is 0 Å². The van der Waals surface area contributed by atoms with Crippen molar-refractivity contribution < 1.29 is 4.74 Å². The van der Waals surface area contributed by atoms with Gasteiger partial charge in [0.05, 0.1) is 6.10 Å². The molecule has 0 aliphatic rings. The summed E-state index contributed by atoms with van der Waals surface area (Å²) >= 11 is 0.